The molecule has 1 N–H and O–H groups in total. The van der Waals surface area contributed by atoms with Crippen molar-refractivity contribution < 1.29 is 48.0 Å². The number of hydrogen-bond donors (Lipinski definition) is 1. The molecule has 1 aliphatic heterocycles. The molecule has 3 fully saturated rings. The number of nitrogens with zero attached hydrogens (tertiary/aromatic N) is 1. The third-order valence-electron chi connectivity index (χ3n) is 9.25. The van der Waals surface area contributed by atoms with E-state index in [2.05, 4.69) is 4.98 Å². The van der Waals surface area contributed by atoms with Crippen LogP contribution in [0.25, 0.3) is 0 Å². The molecule has 2 saturated carbocycles. The highest BCUT2D eigenvalue weighted by atomic mass is 16.6. The first kappa shape index (κ1) is 30.6. The minimum Gasteiger partial charge on any atom is -0.460 e. The largest absolute Gasteiger partial charge is 0.460 e. The number of hydrogen-bond acceptors (Lipinski definition) is 11. The number of esters is 4. The van der Waals surface area contributed by atoms with Crippen LogP contribution >= 0.6 is 0 Å². The molecule has 3 aliphatic rings. The quantitative estimate of drug-likeness (QED) is 0.371. The lowest BCUT2D eigenvalue weighted by Gasteiger charge is -2.62. The second-order valence-corrected chi connectivity index (χ2v) is 12.2. The molecule has 2 aliphatic carbocycles. The molecule has 1 aromatic carbocycles. The zero-order chi connectivity index (χ0) is 31.2. The van der Waals surface area contributed by atoms with Crippen molar-refractivity contribution in [1.82, 2.24) is 4.98 Å². The number of aliphatic hydroxyl groups excluding tert-OH is 1. The molecule has 0 amide bonds. The first-order chi connectivity index (χ1) is 20.3. The minimum absolute atomic E-state index is 0.0251. The van der Waals surface area contributed by atoms with Crippen LogP contribution in [0.1, 0.15) is 68.3 Å². The predicted octanol–water partition coefficient (Wildman–Crippen LogP) is 3.28. The Bertz CT molecular complexity index is 1380. The molecule has 230 valence electrons. The predicted molar refractivity (Wildman–Crippen MR) is 149 cm³/mol. The lowest BCUT2D eigenvalue weighted by molar-refractivity contribution is -0.305. The first-order valence-corrected chi connectivity index (χ1v) is 14.4. The monoisotopic (exact) mass is 595 g/mol. The van der Waals surface area contributed by atoms with Crippen molar-refractivity contribution in [2.24, 2.45) is 17.3 Å². The number of benzene rings is 1. The highest BCUT2D eigenvalue weighted by molar-refractivity contribution is 5.89. The molecule has 2 bridgehead atoms. The molecule has 0 unspecified atom stereocenters. The van der Waals surface area contributed by atoms with E-state index in [0.717, 1.165) is 0 Å². The smallest absolute Gasteiger partial charge is 0.356 e. The fraction of sp³-hybridized carbons (Fsp3) is 0.531. The van der Waals surface area contributed by atoms with Gasteiger partial charge in [0.2, 0.25) is 0 Å². The topological polar surface area (TPSA) is 148 Å². The van der Waals surface area contributed by atoms with Gasteiger partial charge in [-0.05, 0) is 56.9 Å². The van der Waals surface area contributed by atoms with E-state index in [4.69, 9.17) is 23.7 Å². The molecular formula is C32H37NO10. The van der Waals surface area contributed by atoms with Crippen LogP contribution < -0.4 is 0 Å². The highest BCUT2D eigenvalue weighted by Gasteiger charge is 2.80. The summed E-state index contributed by atoms with van der Waals surface area (Å²) in [4.78, 5) is 56.2. The number of aromatic nitrogens is 1. The molecule has 1 aromatic heterocycles. The van der Waals surface area contributed by atoms with E-state index >= 15 is 0 Å². The van der Waals surface area contributed by atoms with Crippen molar-refractivity contribution in [2.75, 3.05) is 6.61 Å². The maximum Gasteiger partial charge on any atom is 0.356 e. The van der Waals surface area contributed by atoms with Crippen LogP contribution in [-0.4, -0.2) is 76.2 Å². The van der Waals surface area contributed by atoms with Gasteiger partial charge >= 0.3 is 23.9 Å². The van der Waals surface area contributed by atoms with Gasteiger partial charge in [-0.25, -0.2) is 14.6 Å². The van der Waals surface area contributed by atoms with Crippen molar-refractivity contribution in [3.05, 3.63) is 66.0 Å². The van der Waals surface area contributed by atoms with Gasteiger partial charge in [-0.15, -0.1) is 0 Å². The number of aliphatic hydroxyl groups is 1. The van der Waals surface area contributed by atoms with Gasteiger partial charge in [0, 0.05) is 26.0 Å². The maximum atomic E-state index is 13.7. The number of fused-ring (bicyclic) bond motifs is 1. The summed E-state index contributed by atoms with van der Waals surface area (Å²) in [7, 11) is 0. The Balaban J connectivity index is 1.73. The third-order valence-corrected chi connectivity index (χ3v) is 9.25. The summed E-state index contributed by atoms with van der Waals surface area (Å²) in [6.45, 7) is 7.54. The molecule has 8 atom stereocenters. The van der Waals surface area contributed by atoms with Gasteiger partial charge in [-0.1, -0.05) is 31.2 Å². The van der Waals surface area contributed by atoms with E-state index in [1.165, 1.54) is 26.1 Å². The Labute approximate surface area is 249 Å². The molecule has 2 heterocycles. The minimum atomic E-state index is -1.70. The fourth-order valence-electron chi connectivity index (χ4n) is 7.54. The molecule has 2 aromatic rings. The SMILES string of the molecule is CC(=O)O[C@@H]1[C@@H](OC(=O)c2ccccc2)[C@]2(COC(=O)c3ccccn3)[C@@H](OC(C)=O)[C@@H](O)C[C@@H](C)[C@@]23C[C@@H]1C(C)(C)O3. The van der Waals surface area contributed by atoms with E-state index in [1.54, 1.807) is 42.5 Å². The second kappa shape index (κ2) is 11.3. The molecule has 43 heavy (non-hydrogen) atoms. The summed E-state index contributed by atoms with van der Waals surface area (Å²) in [6.07, 6.45) is -3.14. The molecule has 1 spiro atoms. The van der Waals surface area contributed by atoms with Crippen LogP contribution in [0.15, 0.2) is 54.7 Å². The van der Waals surface area contributed by atoms with Gasteiger partial charge in [0.25, 0.3) is 0 Å². The average Bonchev–Trinajstić information content (AvgIpc) is 3.23. The van der Waals surface area contributed by atoms with Crippen LogP contribution in [0.3, 0.4) is 0 Å². The van der Waals surface area contributed by atoms with Gasteiger partial charge in [0.1, 0.15) is 29.9 Å². The Morgan fingerprint density at radius 1 is 0.930 bits per heavy atom. The van der Waals surface area contributed by atoms with E-state index in [-0.39, 0.29) is 23.6 Å². The van der Waals surface area contributed by atoms with E-state index < -0.39 is 77.4 Å². The molecule has 11 nitrogen and oxygen atoms in total. The first-order valence-electron chi connectivity index (χ1n) is 14.4. The Kier molecular flexibility index (Phi) is 8.08. The molecule has 11 heteroatoms. The molecular weight excluding hydrogens is 558 g/mol. The Morgan fingerprint density at radius 3 is 2.23 bits per heavy atom. The van der Waals surface area contributed by atoms with E-state index in [1.807, 2.05) is 20.8 Å². The lowest BCUT2D eigenvalue weighted by atomic mass is 9.48. The van der Waals surface area contributed by atoms with Gasteiger partial charge < -0.3 is 28.8 Å². The van der Waals surface area contributed by atoms with Crippen molar-refractivity contribution in [3.8, 4) is 0 Å². The molecule has 1 saturated heterocycles. The number of carbonyl (C=O) groups is 4. The van der Waals surface area contributed by atoms with Gasteiger partial charge in [-0.2, -0.15) is 0 Å². The van der Waals surface area contributed by atoms with Crippen LogP contribution in [0.4, 0.5) is 0 Å². The molecule has 5 rings (SSSR count). The summed E-state index contributed by atoms with van der Waals surface area (Å²) in [5, 5.41) is 11.5. The van der Waals surface area contributed by atoms with Gasteiger partial charge in [-0.3, -0.25) is 9.59 Å². The van der Waals surface area contributed by atoms with Crippen molar-refractivity contribution in [2.45, 2.75) is 83.1 Å². The highest BCUT2D eigenvalue weighted by Crippen LogP contribution is 2.67. The van der Waals surface area contributed by atoms with Crippen LogP contribution in [0.5, 0.6) is 0 Å². The Morgan fingerprint density at radius 2 is 1.60 bits per heavy atom. The van der Waals surface area contributed by atoms with Crippen LogP contribution in [-0.2, 0) is 33.3 Å². The number of rotatable bonds is 7. The summed E-state index contributed by atoms with van der Waals surface area (Å²) in [5.41, 5.74) is -3.60. The van der Waals surface area contributed by atoms with Crippen molar-refractivity contribution in [3.63, 3.8) is 0 Å². The number of carbonyl (C=O) groups excluding carboxylic acids is 4. The Hall–Kier alpha value is -3.83. The van der Waals surface area contributed by atoms with Gasteiger partial charge in [0.05, 0.1) is 22.9 Å². The number of pyridine rings is 1. The van der Waals surface area contributed by atoms with E-state index in [9.17, 15) is 24.3 Å². The van der Waals surface area contributed by atoms with Crippen molar-refractivity contribution >= 4 is 23.9 Å². The third kappa shape index (κ3) is 5.18. The second-order valence-electron chi connectivity index (χ2n) is 12.2. The molecule has 0 radical (unpaired) electrons. The zero-order valence-electron chi connectivity index (χ0n) is 24.9. The van der Waals surface area contributed by atoms with E-state index in [0.29, 0.717) is 6.42 Å². The summed E-state index contributed by atoms with van der Waals surface area (Å²) in [5.74, 6) is -3.70. The maximum absolute atomic E-state index is 13.7. The van der Waals surface area contributed by atoms with Gasteiger partial charge in [0.15, 0.2) is 6.10 Å². The zero-order valence-corrected chi connectivity index (χ0v) is 24.9. The summed E-state index contributed by atoms with van der Waals surface area (Å²) >= 11 is 0. The lowest BCUT2D eigenvalue weighted by Crippen LogP contribution is -2.76. The van der Waals surface area contributed by atoms with Crippen LogP contribution in [0.2, 0.25) is 0 Å². The van der Waals surface area contributed by atoms with Crippen LogP contribution in [0, 0.1) is 17.3 Å². The average molecular weight is 596 g/mol. The standard InChI is InChI=1S/C32H37NO10/c1-18-15-24(36)26(41-20(3)35)31(17-39-29(38)23-13-9-10-14-33-23)27(42-28(37)21-11-7-6-8-12-21)25(40-19(2)34)22-16-32(18,31)43-30(22,4)5/h6-14,18,22,24-27,36H,15-17H2,1-5H3/t18-,22+,24+,25+,26+,27-,31+,32+/m1/s1. The van der Waals surface area contributed by atoms with Crippen molar-refractivity contribution in [1.29, 1.82) is 0 Å². The summed E-state index contributed by atoms with van der Waals surface area (Å²) in [6, 6.07) is 13.0. The fourth-order valence-corrected chi connectivity index (χ4v) is 7.54. The normalized spacial score (nSPS) is 33.9. The number of ether oxygens (including phenoxy) is 5. The summed E-state index contributed by atoms with van der Waals surface area (Å²) < 4.78 is 30.9.